The number of carbonyl (C=O) groups is 1. The number of thiophene rings is 1. The Kier molecular flexibility index (Phi) is 5.03. The number of piperidine rings is 1. The molecule has 2 saturated carbocycles. The fourth-order valence-corrected chi connectivity index (χ4v) is 6.21. The quantitative estimate of drug-likeness (QED) is 0.759. The Balaban J connectivity index is 1.20. The van der Waals surface area contributed by atoms with E-state index in [1.54, 1.807) is 11.3 Å². The summed E-state index contributed by atoms with van der Waals surface area (Å²) in [4.78, 5) is 17.5. The van der Waals surface area contributed by atoms with Crippen LogP contribution in [0.25, 0.3) is 0 Å². The van der Waals surface area contributed by atoms with Crippen LogP contribution in [0, 0.1) is 5.92 Å². The maximum Gasteiger partial charge on any atom is 0.254 e. The second-order valence-electron chi connectivity index (χ2n) is 9.12. The SMILES string of the molecule is O=C(c1ccsc1)N1CCC(N2CC(OCC3CC3)C23CCCCC3)CC1. The zero-order chi connectivity index (χ0) is 18.3. The summed E-state index contributed by atoms with van der Waals surface area (Å²) in [6.07, 6.45) is 12.2. The Bertz CT molecular complexity index is 643. The summed E-state index contributed by atoms with van der Waals surface area (Å²) in [6.45, 7) is 3.92. The predicted molar refractivity (Wildman–Crippen MR) is 108 cm³/mol. The highest BCUT2D eigenvalue weighted by Crippen LogP contribution is 2.48. The summed E-state index contributed by atoms with van der Waals surface area (Å²) in [5, 5.41) is 3.97. The summed E-state index contributed by atoms with van der Waals surface area (Å²) in [6, 6.07) is 2.59. The third-order valence-corrected chi connectivity index (χ3v) is 8.13. The van der Waals surface area contributed by atoms with Crippen molar-refractivity contribution in [2.45, 2.75) is 75.5 Å². The standard InChI is InChI=1S/C22H32N2O2S/c25-21(18-8-13-27-16-18)23-11-6-19(7-12-23)24-14-20(26-15-17-4-5-17)22(24)9-2-1-3-10-22/h8,13,16-17,19-20H,1-7,9-12,14-15H2. The number of carbonyl (C=O) groups excluding carboxylic acids is 1. The Morgan fingerprint density at radius 3 is 2.59 bits per heavy atom. The van der Waals surface area contributed by atoms with Gasteiger partial charge in [0.1, 0.15) is 0 Å². The first-order valence-corrected chi connectivity index (χ1v) is 11.9. The zero-order valence-electron chi connectivity index (χ0n) is 16.3. The van der Waals surface area contributed by atoms with Crippen LogP contribution in [-0.2, 0) is 4.74 Å². The van der Waals surface area contributed by atoms with Crippen molar-refractivity contribution in [3.8, 4) is 0 Å². The van der Waals surface area contributed by atoms with Crippen LogP contribution in [0.3, 0.4) is 0 Å². The molecule has 2 aliphatic carbocycles. The molecule has 1 atom stereocenters. The molecule has 1 unspecified atom stereocenters. The summed E-state index contributed by atoms with van der Waals surface area (Å²) < 4.78 is 6.42. The summed E-state index contributed by atoms with van der Waals surface area (Å²) in [5.41, 5.74) is 1.18. The van der Waals surface area contributed by atoms with Gasteiger partial charge in [-0.1, -0.05) is 19.3 Å². The zero-order valence-corrected chi connectivity index (χ0v) is 17.1. The Morgan fingerprint density at radius 2 is 1.93 bits per heavy atom. The van der Waals surface area contributed by atoms with Crippen LogP contribution in [-0.4, -0.2) is 59.6 Å². The fraction of sp³-hybridized carbons (Fsp3) is 0.773. The normalized spacial score (nSPS) is 29.0. The van der Waals surface area contributed by atoms with Crippen molar-refractivity contribution in [3.05, 3.63) is 22.4 Å². The molecule has 0 N–H and O–H groups in total. The van der Waals surface area contributed by atoms with Crippen molar-refractivity contribution in [3.63, 3.8) is 0 Å². The van der Waals surface area contributed by atoms with E-state index in [-0.39, 0.29) is 5.91 Å². The van der Waals surface area contributed by atoms with Crippen molar-refractivity contribution < 1.29 is 9.53 Å². The van der Waals surface area contributed by atoms with Gasteiger partial charge in [0.2, 0.25) is 0 Å². The summed E-state index contributed by atoms with van der Waals surface area (Å²) >= 11 is 1.61. The topological polar surface area (TPSA) is 32.8 Å². The van der Waals surface area contributed by atoms with Crippen LogP contribution in [0.2, 0.25) is 0 Å². The molecule has 1 spiro atoms. The number of ether oxygens (including phenoxy) is 1. The minimum atomic E-state index is 0.219. The van der Waals surface area contributed by atoms with E-state index in [1.165, 1.54) is 44.9 Å². The molecule has 27 heavy (non-hydrogen) atoms. The molecule has 0 radical (unpaired) electrons. The molecule has 2 saturated heterocycles. The third-order valence-electron chi connectivity index (χ3n) is 7.44. The van der Waals surface area contributed by atoms with Crippen molar-refractivity contribution in [2.24, 2.45) is 5.92 Å². The van der Waals surface area contributed by atoms with E-state index in [0.717, 1.165) is 50.6 Å². The maximum atomic E-state index is 12.6. The monoisotopic (exact) mass is 388 g/mol. The van der Waals surface area contributed by atoms with E-state index >= 15 is 0 Å². The van der Waals surface area contributed by atoms with Gasteiger partial charge in [-0.3, -0.25) is 9.69 Å². The van der Waals surface area contributed by atoms with Crippen LogP contribution in [0.5, 0.6) is 0 Å². The molecule has 2 aliphatic heterocycles. The van der Waals surface area contributed by atoms with E-state index in [0.29, 0.717) is 17.7 Å². The molecule has 4 aliphatic rings. The van der Waals surface area contributed by atoms with E-state index in [2.05, 4.69) is 9.80 Å². The molecule has 5 heteroatoms. The van der Waals surface area contributed by atoms with Crippen LogP contribution in [0.4, 0.5) is 0 Å². The van der Waals surface area contributed by atoms with Gasteiger partial charge in [-0.05, 0) is 55.9 Å². The second-order valence-corrected chi connectivity index (χ2v) is 9.90. The lowest BCUT2D eigenvalue weighted by atomic mass is 9.69. The van der Waals surface area contributed by atoms with Gasteiger partial charge in [0.05, 0.1) is 11.7 Å². The van der Waals surface area contributed by atoms with Crippen molar-refractivity contribution in [1.29, 1.82) is 0 Å². The molecule has 4 fully saturated rings. The molecule has 1 aromatic rings. The molecule has 4 nitrogen and oxygen atoms in total. The molecular weight excluding hydrogens is 356 g/mol. The Morgan fingerprint density at radius 1 is 1.15 bits per heavy atom. The first-order chi connectivity index (χ1) is 13.3. The molecule has 5 rings (SSSR count). The van der Waals surface area contributed by atoms with Crippen LogP contribution < -0.4 is 0 Å². The number of likely N-dealkylation sites (tertiary alicyclic amines) is 2. The number of rotatable bonds is 5. The van der Waals surface area contributed by atoms with Gasteiger partial charge in [-0.15, -0.1) is 0 Å². The van der Waals surface area contributed by atoms with Gasteiger partial charge in [-0.25, -0.2) is 0 Å². The minimum absolute atomic E-state index is 0.219. The average molecular weight is 389 g/mol. The van der Waals surface area contributed by atoms with Gasteiger partial charge >= 0.3 is 0 Å². The lowest BCUT2D eigenvalue weighted by Gasteiger charge is -2.63. The minimum Gasteiger partial charge on any atom is -0.375 e. The van der Waals surface area contributed by atoms with E-state index in [4.69, 9.17) is 4.74 Å². The number of hydrogen-bond donors (Lipinski definition) is 0. The highest BCUT2D eigenvalue weighted by Gasteiger charge is 2.56. The van der Waals surface area contributed by atoms with Crippen LogP contribution in [0.15, 0.2) is 16.8 Å². The average Bonchev–Trinajstić information content (AvgIpc) is 3.38. The van der Waals surface area contributed by atoms with Crippen LogP contribution in [0.1, 0.15) is 68.1 Å². The second kappa shape index (κ2) is 7.49. The summed E-state index contributed by atoms with van der Waals surface area (Å²) in [7, 11) is 0. The largest absolute Gasteiger partial charge is 0.375 e. The first kappa shape index (κ1) is 18.1. The van der Waals surface area contributed by atoms with Gasteiger partial charge in [0.25, 0.3) is 5.91 Å². The molecule has 148 valence electrons. The maximum absolute atomic E-state index is 12.6. The lowest BCUT2D eigenvalue weighted by Crippen LogP contribution is -2.75. The van der Waals surface area contributed by atoms with Crippen molar-refractivity contribution >= 4 is 17.2 Å². The van der Waals surface area contributed by atoms with E-state index in [1.807, 2.05) is 16.8 Å². The van der Waals surface area contributed by atoms with E-state index < -0.39 is 0 Å². The third kappa shape index (κ3) is 3.47. The van der Waals surface area contributed by atoms with Gasteiger partial charge in [-0.2, -0.15) is 11.3 Å². The molecule has 3 heterocycles. The van der Waals surface area contributed by atoms with Crippen LogP contribution >= 0.6 is 11.3 Å². The van der Waals surface area contributed by atoms with E-state index in [9.17, 15) is 4.79 Å². The molecule has 1 aromatic heterocycles. The number of nitrogens with zero attached hydrogens (tertiary/aromatic N) is 2. The molecule has 0 aromatic carbocycles. The molecule has 1 amide bonds. The first-order valence-electron chi connectivity index (χ1n) is 11.0. The predicted octanol–water partition coefficient (Wildman–Crippen LogP) is 4.17. The lowest BCUT2D eigenvalue weighted by molar-refractivity contribution is -0.202. The number of amides is 1. The Hall–Kier alpha value is -0.910. The van der Waals surface area contributed by atoms with Gasteiger partial charge in [0, 0.05) is 43.2 Å². The Labute approximate surface area is 166 Å². The van der Waals surface area contributed by atoms with Crippen molar-refractivity contribution in [2.75, 3.05) is 26.2 Å². The molecular formula is C22H32N2O2S. The fourth-order valence-electron chi connectivity index (χ4n) is 5.58. The highest BCUT2D eigenvalue weighted by atomic mass is 32.1. The summed E-state index contributed by atoms with van der Waals surface area (Å²) in [5.74, 6) is 1.07. The van der Waals surface area contributed by atoms with Crippen molar-refractivity contribution in [1.82, 2.24) is 9.80 Å². The van der Waals surface area contributed by atoms with Gasteiger partial charge < -0.3 is 9.64 Å². The molecule has 0 bridgehead atoms. The van der Waals surface area contributed by atoms with Gasteiger partial charge in [0.15, 0.2) is 0 Å². The number of hydrogen-bond acceptors (Lipinski definition) is 4. The highest BCUT2D eigenvalue weighted by molar-refractivity contribution is 7.08. The smallest absolute Gasteiger partial charge is 0.254 e.